The molecule has 0 saturated carbocycles. The van der Waals surface area contributed by atoms with Gasteiger partial charge in [0.2, 0.25) is 5.95 Å². The molecule has 7 nitrogen and oxygen atoms in total. The van der Waals surface area contributed by atoms with Gasteiger partial charge in [0.15, 0.2) is 0 Å². The molecule has 0 bridgehead atoms. The molecular weight excluding hydrogens is 410 g/mol. The largest absolute Gasteiger partial charge is 0.378 e. The average Bonchev–Trinajstić information content (AvgIpc) is 3.39. The van der Waals surface area contributed by atoms with E-state index in [9.17, 15) is 4.79 Å². The number of amides is 1. The van der Waals surface area contributed by atoms with Crippen molar-refractivity contribution < 1.29 is 9.53 Å². The van der Waals surface area contributed by atoms with E-state index in [-0.39, 0.29) is 11.8 Å². The first-order valence-electron chi connectivity index (χ1n) is 10.7. The number of pyridine rings is 1. The zero-order valence-corrected chi connectivity index (χ0v) is 18.1. The zero-order chi connectivity index (χ0) is 21.0. The Bertz CT molecular complexity index is 1020. The number of morpholine rings is 1. The van der Waals surface area contributed by atoms with Gasteiger partial charge in [-0.1, -0.05) is 6.07 Å². The van der Waals surface area contributed by atoms with Crippen LogP contribution in [0.3, 0.4) is 0 Å². The highest BCUT2D eigenvalue weighted by Crippen LogP contribution is 2.34. The fourth-order valence-corrected chi connectivity index (χ4v) is 5.00. The molecule has 0 aliphatic carbocycles. The van der Waals surface area contributed by atoms with Crippen LogP contribution in [0.15, 0.2) is 48.2 Å². The van der Waals surface area contributed by atoms with E-state index < -0.39 is 0 Å². The minimum absolute atomic E-state index is 0.118. The number of carbonyl (C=O) groups excluding carboxylic acids is 1. The van der Waals surface area contributed by atoms with Crippen LogP contribution in [0.5, 0.6) is 0 Å². The number of ether oxygens (including phenoxy) is 1. The van der Waals surface area contributed by atoms with Crippen LogP contribution in [0.25, 0.3) is 11.1 Å². The number of likely N-dealkylation sites (tertiary alicyclic amines) is 1. The SMILES string of the molecule is O=C(c1cccs1)N1CCC[C@H](c2nc(N3CCOCC3)ncc2-c2ccncc2)C1. The van der Waals surface area contributed by atoms with E-state index in [0.29, 0.717) is 19.8 Å². The maximum atomic E-state index is 13.0. The summed E-state index contributed by atoms with van der Waals surface area (Å²) in [7, 11) is 0. The second kappa shape index (κ2) is 9.11. The fourth-order valence-electron chi connectivity index (χ4n) is 4.31. The smallest absolute Gasteiger partial charge is 0.263 e. The summed E-state index contributed by atoms with van der Waals surface area (Å²) < 4.78 is 5.49. The van der Waals surface area contributed by atoms with Crippen molar-refractivity contribution in [1.82, 2.24) is 19.9 Å². The maximum Gasteiger partial charge on any atom is 0.263 e. The van der Waals surface area contributed by atoms with Crippen molar-refractivity contribution in [3.05, 3.63) is 58.8 Å². The Balaban J connectivity index is 1.48. The summed E-state index contributed by atoms with van der Waals surface area (Å²) in [5, 5.41) is 1.95. The first-order chi connectivity index (χ1) is 15.3. The van der Waals surface area contributed by atoms with Gasteiger partial charge < -0.3 is 14.5 Å². The Morgan fingerprint density at radius 1 is 1.13 bits per heavy atom. The molecule has 0 N–H and O–H groups in total. The topological polar surface area (TPSA) is 71.5 Å². The number of piperidine rings is 1. The van der Waals surface area contributed by atoms with Crippen LogP contribution >= 0.6 is 11.3 Å². The van der Waals surface area contributed by atoms with Crippen LogP contribution in [-0.4, -0.2) is 65.2 Å². The van der Waals surface area contributed by atoms with Gasteiger partial charge >= 0.3 is 0 Å². The van der Waals surface area contributed by atoms with E-state index >= 15 is 0 Å². The van der Waals surface area contributed by atoms with Gasteiger partial charge in [0, 0.05) is 56.3 Å². The normalized spacial score (nSPS) is 19.4. The second-order valence-electron chi connectivity index (χ2n) is 7.87. The number of carbonyl (C=O) groups is 1. The summed E-state index contributed by atoms with van der Waals surface area (Å²) in [5.74, 6) is 1.04. The zero-order valence-electron chi connectivity index (χ0n) is 17.3. The van der Waals surface area contributed by atoms with Gasteiger partial charge in [-0.2, -0.15) is 0 Å². The first-order valence-corrected chi connectivity index (χ1v) is 11.6. The molecule has 2 fully saturated rings. The van der Waals surface area contributed by atoms with Crippen molar-refractivity contribution in [2.75, 3.05) is 44.3 Å². The fraction of sp³-hybridized carbons (Fsp3) is 0.391. The molecule has 5 heterocycles. The van der Waals surface area contributed by atoms with E-state index in [1.54, 1.807) is 12.4 Å². The summed E-state index contributed by atoms with van der Waals surface area (Å²) in [6.07, 6.45) is 7.49. The minimum Gasteiger partial charge on any atom is -0.378 e. The number of thiophene rings is 1. The lowest BCUT2D eigenvalue weighted by molar-refractivity contribution is 0.0711. The third-order valence-electron chi connectivity index (χ3n) is 5.92. The van der Waals surface area contributed by atoms with Crippen molar-refractivity contribution in [2.24, 2.45) is 0 Å². The predicted octanol–water partition coefficient (Wildman–Crippen LogP) is 3.46. The number of anilines is 1. The standard InChI is InChI=1S/C23H25N5O2S/c29-22(20-4-2-14-31-20)28-9-1-3-18(16-28)21-19(17-5-7-24-8-6-17)15-25-23(26-21)27-10-12-30-13-11-27/h2,4-8,14-15,18H,1,3,9-13,16H2/t18-/m0/s1. The summed E-state index contributed by atoms with van der Waals surface area (Å²) in [4.78, 5) is 31.8. The summed E-state index contributed by atoms with van der Waals surface area (Å²) in [6, 6.07) is 7.82. The van der Waals surface area contributed by atoms with Gasteiger partial charge in [0.05, 0.1) is 23.8 Å². The molecule has 3 aromatic rings. The molecule has 1 amide bonds. The molecule has 160 valence electrons. The van der Waals surface area contributed by atoms with Gasteiger partial charge in [-0.25, -0.2) is 9.97 Å². The molecule has 0 radical (unpaired) electrons. The Morgan fingerprint density at radius 2 is 1.97 bits per heavy atom. The molecule has 8 heteroatoms. The lowest BCUT2D eigenvalue weighted by Gasteiger charge is -2.34. The number of hydrogen-bond acceptors (Lipinski definition) is 7. The molecule has 3 aromatic heterocycles. The second-order valence-corrected chi connectivity index (χ2v) is 8.82. The van der Waals surface area contributed by atoms with E-state index in [4.69, 9.17) is 9.72 Å². The highest BCUT2D eigenvalue weighted by atomic mass is 32.1. The van der Waals surface area contributed by atoms with Gasteiger partial charge in [0.1, 0.15) is 0 Å². The van der Waals surface area contributed by atoms with E-state index in [2.05, 4.69) is 14.9 Å². The number of rotatable bonds is 4. The first kappa shape index (κ1) is 20.1. The molecular formula is C23H25N5O2S. The lowest BCUT2D eigenvalue weighted by Crippen LogP contribution is -2.40. The maximum absolute atomic E-state index is 13.0. The molecule has 5 rings (SSSR count). The van der Waals surface area contributed by atoms with Crippen molar-refractivity contribution in [3.8, 4) is 11.1 Å². The molecule has 2 aliphatic heterocycles. The van der Waals surface area contributed by atoms with E-state index in [0.717, 1.165) is 60.1 Å². The molecule has 2 saturated heterocycles. The molecule has 31 heavy (non-hydrogen) atoms. The van der Waals surface area contributed by atoms with Crippen LogP contribution in [0, 0.1) is 0 Å². The minimum atomic E-state index is 0.118. The number of nitrogens with zero attached hydrogens (tertiary/aromatic N) is 5. The van der Waals surface area contributed by atoms with Crippen LogP contribution in [-0.2, 0) is 4.74 Å². The molecule has 0 unspecified atom stereocenters. The predicted molar refractivity (Wildman–Crippen MR) is 120 cm³/mol. The number of hydrogen-bond donors (Lipinski definition) is 0. The van der Waals surface area contributed by atoms with E-state index in [1.165, 1.54) is 11.3 Å². The van der Waals surface area contributed by atoms with Gasteiger partial charge in [-0.15, -0.1) is 11.3 Å². The van der Waals surface area contributed by atoms with Crippen LogP contribution in [0.2, 0.25) is 0 Å². The quantitative estimate of drug-likeness (QED) is 0.625. The Morgan fingerprint density at radius 3 is 2.74 bits per heavy atom. The van der Waals surface area contributed by atoms with Gasteiger partial charge in [-0.3, -0.25) is 9.78 Å². The summed E-state index contributed by atoms with van der Waals surface area (Å²) in [5.41, 5.74) is 3.10. The summed E-state index contributed by atoms with van der Waals surface area (Å²) in [6.45, 7) is 4.44. The summed E-state index contributed by atoms with van der Waals surface area (Å²) >= 11 is 1.50. The highest BCUT2D eigenvalue weighted by Gasteiger charge is 2.29. The van der Waals surface area contributed by atoms with E-state index in [1.807, 2.05) is 40.7 Å². The highest BCUT2D eigenvalue weighted by molar-refractivity contribution is 7.12. The molecule has 0 aromatic carbocycles. The van der Waals surface area contributed by atoms with Crippen molar-refractivity contribution in [1.29, 1.82) is 0 Å². The Kier molecular flexibility index (Phi) is 5.90. The molecule has 0 spiro atoms. The van der Waals surface area contributed by atoms with Crippen molar-refractivity contribution >= 4 is 23.2 Å². The number of aromatic nitrogens is 3. The van der Waals surface area contributed by atoms with Crippen LogP contribution in [0.1, 0.15) is 34.1 Å². The third kappa shape index (κ3) is 4.31. The Labute approximate surface area is 185 Å². The Hall–Kier alpha value is -2.84. The lowest BCUT2D eigenvalue weighted by atomic mass is 9.90. The van der Waals surface area contributed by atoms with Gasteiger partial charge in [0.25, 0.3) is 5.91 Å². The van der Waals surface area contributed by atoms with Crippen molar-refractivity contribution in [2.45, 2.75) is 18.8 Å². The third-order valence-corrected chi connectivity index (χ3v) is 6.78. The van der Waals surface area contributed by atoms with Gasteiger partial charge in [-0.05, 0) is 42.0 Å². The van der Waals surface area contributed by atoms with Crippen LogP contribution < -0.4 is 4.90 Å². The molecule has 2 aliphatic rings. The monoisotopic (exact) mass is 435 g/mol. The van der Waals surface area contributed by atoms with Crippen LogP contribution in [0.4, 0.5) is 5.95 Å². The van der Waals surface area contributed by atoms with Crippen molar-refractivity contribution in [3.63, 3.8) is 0 Å². The molecule has 1 atom stereocenters. The average molecular weight is 436 g/mol.